The lowest BCUT2D eigenvalue weighted by atomic mass is 10.5. The number of rotatable bonds is 4. The Morgan fingerprint density at radius 1 is 1.30 bits per heavy atom. The van der Waals surface area contributed by atoms with Gasteiger partial charge in [-0.25, -0.2) is 0 Å². The van der Waals surface area contributed by atoms with Crippen LogP contribution in [0.1, 0.15) is 0 Å². The van der Waals surface area contributed by atoms with Crippen LogP contribution in [0.2, 0.25) is 0 Å². The predicted octanol–water partition coefficient (Wildman–Crippen LogP) is -0.0903. The molecule has 3 heteroatoms. The average molecular weight is 143 g/mol. The molecule has 0 radical (unpaired) electrons. The maximum absolute atomic E-state index is 5.44. The Bertz CT molecular complexity index is 109. The highest BCUT2D eigenvalue weighted by atomic mass is 15.2. The average Bonchev–Trinajstić information content (AvgIpc) is 1.82. The van der Waals surface area contributed by atoms with Gasteiger partial charge in [0.15, 0.2) is 0 Å². The fourth-order valence-electron chi connectivity index (χ4n) is 0.494. The zero-order valence-corrected chi connectivity index (χ0v) is 7.09. The molecule has 2 N–H and O–H groups in total. The Morgan fingerprint density at radius 3 is 2.10 bits per heavy atom. The molecule has 0 aliphatic carbocycles. The second kappa shape index (κ2) is 4.17. The maximum Gasteiger partial charge on any atom is 0.0910 e. The summed E-state index contributed by atoms with van der Waals surface area (Å²) in [5.41, 5.74) is 5.44. The molecule has 0 aliphatic heterocycles. The van der Waals surface area contributed by atoms with E-state index in [9.17, 15) is 0 Å². The number of hydrogen-bond acceptors (Lipinski definition) is 3. The van der Waals surface area contributed by atoms with Crippen LogP contribution in [0.3, 0.4) is 0 Å². The highest BCUT2D eigenvalue weighted by molar-refractivity contribution is 4.83. The van der Waals surface area contributed by atoms with Gasteiger partial charge in [-0.1, -0.05) is 6.58 Å². The molecular weight excluding hydrogens is 126 g/mol. The van der Waals surface area contributed by atoms with Gasteiger partial charge < -0.3 is 15.5 Å². The lowest BCUT2D eigenvalue weighted by Crippen LogP contribution is -2.30. The fourth-order valence-corrected chi connectivity index (χ4v) is 0.494. The molecule has 0 atom stereocenters. The first kappa shape index (κ1) is 9.30. The van der Waals surface area contributed by atoms with E-state index in [0.717, 1.165) is 13.1 Å². The zero-order valence-electron chi connectivity index (χ0n) is 7.09. The van der Waals surface area contributed by atoms with Crippen LogP contribution in [0.4, 0.5) is 0 Å². The highest BCUT2D eigenvalue weighted by Gasteiger charge is 1.96. The summed E-state index contributed by atoms with van der Waals surface area (Å²) in [5, 5.41) is 0. The molecule has 0 aliphatic rings. The summed E-state index contributed by atoms with van der Waals surface area (Å²) in [6.07, 6.45) is 0. The number of nitrogens with two attached hydrogens (primary N) is 1. The van der Waals surface area contributed by atoms with Crippen molar-refractivity contribution in [3.05, 3.63) is 12.4 Å². The summed E-state index contributed by atoms with van der Waals surface area (Å²) in [7, 11) is 6.01. The van der Waals surface area contributed by atoms with Crippen molar-refractivity contribution in [3.63, 3.8) is 0 Å². The molecule has 0 aromatic carbocycles. The molecule has 0 aromatic heterocycles. The number of hydrogen-bond donors (Lipinski definition) is 1. The highest BCUT2D eigenvalue weighted by Crippen LogP contribution is 1.88. The van der Waals surface area contributed by atoms with Crippen LogP contribution in [-0.2, 0) is 0 Å². The molecule has 0 saturated carbocycles. The van der Waals surface area contributed by atoms with E-state index in [2.05, 4.69) is 11.5 Å². The van der Waals surface area contributed by atoms with Crippen molar-refractivity contribution >= 4 is 0 Å². The van der Waals surface area contributed by atoms with Crippen molar-refractivity contribution in [3.8, 4) is 0 Å². The molecule has 0 fully saturated rings. The minimum Gasteiger partial charge on any atom is -0.386 e. The molecule has 3 nitrogen and oxygen atoms in total. The lowest BCUT2D eigenvalue weighted by Gasteiger charge is -2.20. The first-order valence-corrected chi connectivity index (χ1v) is 3.34. The minimum absolute atomic E-state index is 0.627. The molecule has 0 amide bonds. The van der Waals surface area contributed by atoms with Crippen LogP contribution in [0.5, 0.6) is 0 Å². The molecule has 0 rings (SSSR count). The van der Waals surface area contributed by atoms with Gasteiger partial charge in [0, 0.05) is 20.1 Å². The van der Waals surface area contributed by atoms with E-state index in [4.69, 9.17) is 5.73 Å². The Kier molecular flexibility index (Phi) is 3.88. The largest absolute Gasteiger partial charge is 0.386 e. The molecule has 10 heavy (non-hydrogen) atoms. The third kappa shape index (κ3) is 4.21. The van der Waals surface area contributed by atoms with Crippen molar-refractivity contribution in [2.45, 2.75) is 0 Å². The first-order valence-electron chi connectivity index (χ1n) is 3.34. The monoisotopic (exact) mass is 143 g/mol. The van der Waals surface area contributed by atoms with Gasteiger partial charge >= 0.3 is 0 Å². The lowest BCUT2D eigenvalue weighted by molar-refractivity contribution is 0.324. The summed E-state index contributed by atoms with van der Waals surface area (Å²) in [4.78, 5) is 4.04. The second-order valence-electron chi connectivity index (χ2n) is 2.72. The molecule has 0 spiro atoms. The van der Waals surface area contributed by atoms with Crippen LogP contribution < -0.4 is 5.73 Å². The van der Waals surface area contributed by atoms with E-state index in [0.29, 0.717) is 5.82 Å². The Balaban J connectivity index is 3.40. The predicted molar refractivity (Wildman–Crippen MR) is 44.5 cm³/mol. The van der Waals surface area contributed by atoms with Crippen molar-refractivity contribution in [2.24, 2.45) is 5.73 Å². The quantitative estimate of drug-likeness (QED) is 0.597. The maximum atomic E-state index is 5.44. The smallest absolute Gasteiger partial charge is 0.0910 e. The van der Waals surface area contributed by atoms with Crippen LogP contribution >= 0.6 is 0 Å². The number of likely N-dealkylation sites (N-methyl/N-ethyl adjacent to an activating group) is 2. The molecule has 0 heterocycles. The number of nitrogens with zero attached hydrogens (tertiary/aromatic N) is 2. The summed E-state index contributed by atoms with van der Waals surface area (Å²) >= 11 is 0. The Morgan fingerprint density at radius 2 is 1.80 bits per heavy atom. The van der Waals surface area contributed by atoms with Crippen molar-refractivity contribution in [1.82, 2.24) is 9.80 Å². The molecule has 60 valence electrons. The normalized spacial score (nSPS) is 10.0. The van der Waals surface area contributed by atoms with Gasteiger partial charge in [-0.15, -0.1) is 0 Å². The van der Waals surface area contributed by atoms with Crippen LogP contribution in [0.15, 0.2) is 12.4 Å². The third-order valence-electron chi connectivity index (χ3n) is 1.37. The van der Waals surface area contributed by atoms with E-state index < -0.39 is 0 Å². The van der Waals surface area contributed by atoms with E-state index >= 15 is 0 Å². The summed E-state index contributed by atoms with van der Waals surface area (Å²) in [6, 6.07) is 0. The van der Waals surface area contributed by atoms with Gasteiger partial charge in [0.1, 0.15) is 0 Å². The van der Waals surface area contributed by atoms with E-state index in [1.807, 2.05) is 26.0 Å². The standard InChI is InChI=1S/C7H17N3/c1-7(8)10(4)6-5-9(2)3/h1,5-6,8H2,2-4H3. The summed E-state index contributed by atoms with van der Waals surface area (Å²) in [6.45, 7) is 5.56. The minimum atomic E-state index is 0.627. The van der Waals surface area contributed by atoms with Gasteiger partial charge in [-0.05, 0) is 14.1 Å². The van der Waals surface area contributed by atoms with Gasteiger partial charge in [0.05, 0.1) is 5.82 Å². The SMILES string of the molecule is C=C(N)N(C)CCN(C)C. The first-order chi connectivity index (χ1) is 4.54. The molecule has 0 unspecified atom stereocenters. The van der Waals surface area contributed by atoms with Crippen LogP contribution in [0, 0.1) is 0 Å². The van der Waals surface area contributed by atoms with E-state index in [1.165, 1.54) is 0 Å². The van der Waals surface area contributed by atoms with Crippen LogP contribution in [0.25, 0.3) is 0 Å². The topological polar surface area (TPSA) is 32.5 Å². The summed E-state index contributed by atoms with van der Waals surface area (Å²) < 4.78 is 0. The summed E-state index contributed by atoms with van der Waals surface area (Å²) in [5.74, 6) is 0.627. The van der Waals surface area contributed by atoms with E-state index in [1.54, 1.807) is 0 Å². The fraction of sp³-hybridized carbons (Fsp3) is 0.714. The van der Waals surface area contributed by atoms with Gasteiger partial charge in [0.25, 0.3) is 0 Å². The van der Waals surface area contributed by atoms with Gasteiger partial charge in [0.2, 0.25) is 0 Å². The second-order valence-corrected chi connectivity index (χ2v) is 2.72. The molecular formula is C7H17N3. The molecule has 0 bridgehead atoms. The van der Waals surface area contributed by atoms with E-state index in [-0.39, 0.29) is 0 Å². The Labute approximate surface area is 63.1 Å². The molecule has 0 aromatic rings. The van der Waals surface area contributed by atoms with Gasteiger partial charge in [-0.3, -0.25) is 0 Å². The third-order valence-corrected chi connectivity index (χ3v) is 1.37. The molecule has 0 saturated heterocycles. The van der Waals surface area contributed by atoms with Crippen molar-refractivity contribution < 1.29 is 0 Å². The van der Waals surface area contributed by atoms with Crippen LogP contribution in [-0.4, -0.2) is 44.0 Å². The zero-order chi connectivity index (χ0) is 8.15. The Hall–Kier alpha value is -0.700. The van der Waals surface area contributed by atoms with Crippen molar-refractivity contribution in [1.29, 1.82) is 0 Å². The van der Waals surface area contributed by atoms with Gasteiger partial charge in [-0.2, -0.15) is 0 Å². The van der Waals surface area contributed by atoms with Crippen molar-refractivity contribution in [2.75, 3.05) is 34.2 Å².